The second-order valence-electron chi connectivity index (χ2n) is 6.68. The van der Waals surface area contributed by atoms with Crippen LogP contribution in [0, 0.1) is 11.3 Å². The van der Waals surface area contributed by atoms with Gasteiger partial charge in [-0.3, -0.25) is 4.79 Å². The first-order valence-electron chi connectivity index (χ1n) is 8.92. The Bertz CT molecular complexity index is 833. The minimum atomic E-state index is -0.986. The maximum absolute atomic E-state index is 12.4. The molecule has 0 radical (unpaired) electrons. The van der Waals surface area contributed by atoms with Crippen molar-refractivity contribution in [3.8, 4) is 11.8 Å². The van der Waals surface area contributed by atoms with Crippen molar-refractivity contribution in [2.45, 2.75) is 50.7 Å². The second kappa shape index (κ2) is 7.99. The molecule has 0 spiro atoms. The number of amides is 1. The number of nitrogens with zero attached hydrogens (tertiary/aromatic N) is 4. The van der Waals surface area contributed by atoms with Gasteiger partial charge >= 0.3 is 5.97 Å². The summed E-state index contributed by atoms with van der Waals surface area (Å²) >= 11 is 0. The van der Waals surface area contributed by atoms with Crippen LogP contribution in [0.25, 0.3) is 5.69 Å². The molecule has 0 unspecified atom stereocenters. The van der Waals surface area contributed by atoms with Gasteiger partial charge in [0.05, 0.1) is 17.3 Å². The number of rotatable bonds is 5. The number of carbonyl (C=O) groups is 2. The molecular weight excluding hydrogens is 346 g/mol. The molecule has 27 heavy (non-hydrogen) atoms. The van der Waals surface area contributed by atoms with Gasteiger partial charge in [-0.25, -0.2) is 14.5 Å². The molecule has 3 rings (SSSR count). The van der Waals surface area contributed by atoms with E-state index < -0.39 is 23.5 Å². The zero-order valence-electron chi connectivity index (χ0n) is 15.1. The Morgan fingerprint density at radius 1 is 1.26 bits per heavy atom. The molecule has 0 aliphatic heterocycles. The molecule has 1 fully saturated rings. The SMILES string of the molecule is C[C@H](OC(=O)c1ccc(-n2cncn2)cc1)C(=O)NC1(C#N)CCCCC1. The van der Waals surface area contributed by atoms with E-state index in [0.717, 1.165) is 24.9 Å². The second-order valence-corrected chi connectivity index (χ2v) is 6.68. The Morgan fingerprint density at radius 2 is 1.96 bits per heavy atom. The van der Waals surface area contributed by atoms with Crippen molar-refractivity contribution in [2.24, 2.45) is 0 Å². The van der Waals surface area contributed by atoms with Gasteiger partial charge in [0.25, 0.3) is 5.91 Å². The molecule has 1 aromatic heterocycles. The van der Waals surface area contributed by atoms with Crippen LogP contribution in [0.4, 0.5) is 0 Å². The molecule has 0 bridgehead atoms. The third-order valence-electron chi connectivity index (χ3n) is 4.72. The first-order valence-corrected chi connectivity index (χ1v) is 8.92. The number of carbonyl (C=O) groups excluding carboxylic acids is 2. The summed E-state index contributed by atoms with van der Waals surface area (Å²) in [6.45, 7) is 1.50. The van der Waals surface area contributed by atoms with Crippen LogP contribution in [0.15, 0.2) is 36.9 Å². The number of ether oxygens (including phenoxy) is 1. The molecule has 0 saturated heterocycles. The highest BCUT2D eigenvalue weighted by atomic mass is 16.5. The first kappa shape index (κ1) is 18.6. The highest BCUT2D eigenvalue weighted by molar-refractivity contribution is 5.92. The molecule has 140 valence electrons. The fourth-order valence-corrected chi connectivity index (χ4v) is 3.13. The summed E-state index contributed by atoms with van der Waals surface area (Å²) in [7, 11) is 0. The predicted molar refractivity (Wildman–Crippen MR) is 95.8 cm³/mol. The summed E-state index contributed by atoms with van der Waals surface area (Å²) in [6.07, 6.45) is 6.10. The normalized spacial score (nSPS) is 16.7. The topological polar surface area (TPSA) is 110 Å². The van der Waals surface area contributed by atoms with Crippen LogP contribution < -0.4 is 5.32 Å². The number of esters is 1. The predicted octanol–water partition coefficient (Wildman–Crippen LogP) is 2.16. The van der Waals surface area contributed by atoms with Crippen LogP contribution in [-0.4, -0.2) is 38.3 Å². The largest absolute Gasteiger partial charge is 0.449 e. The average Bonchev–Trinajstić information content (AvgIpc) is 3.23. The van der Waals surface area contributed by atoms with Gasteiger partial charge in [-0.2, -0.15) is 10.4 Å². The van der Waals surface area contributed by atoms with E-state index in [1.54, 1.807) is 35.3 Å². The van der Waals surface area contributed by atoms with Crippen molar-refractivity contribution in [1.29, 1.82) is 5.26 Å². The van der Waals surface area contributed by atoms with Gasteiger partial charge in [-0.05, 0) is 44.0 Å². The number of nitrogens with one attached hydrogen (secondary N) is 1. The molecule has 8 nitrogen and oxygen atoms in total. The van der Waals surface area contributed by atoms with Gasteiger partial charge < -0.3 is 10.1 Å². The van der Waals surface area contributed by atoms with E-state index in [0.29, 0.717) is 18.4 Å². The Morgan fingerprint density at radius 3 is 2.56 bits per heavy atom. The molecule has 1 amide bonds. The molecule has 2 aromatic rings. The molecule has 1 N–H and O–H groups in total. The van der Waals surface area contributed by atoms with Gasteiger partial charge in [0.1, 0.15) is 18.2 Å². The molecule has 1 saturated carbocycles. The van der Waals surface area contributed by atoms with E-state index in [2.05, 4.69) is 21.5 Å². The number of nitriles is 1. The van der Waals surface area contributed by atoms with Gasteiger partial charge in [0.2, 0.25) is 0 Å². The maximum Gasteiger partial charge on any atom is 0.338 e. The summed E-state index contributed by atoms with van der Waals surface area (Å²) in [5.74, 6) is -1.05. The zero-order valence-corrected chi connectivity index (χ0v) is 15.1. The standard InChI is InChI=1S/C19H21N5O3/c1-14(17(25)23-19(11-20)9-3-2-4-10-19)27-18(26)15-5-7-16(8-6-15)24-13-21-12-22-24/h5-8,12-14H,2-4,9-10H2,1H3,(H,23,25)/t14-/m0/s1. The van der Waals surface area contributed by atoms with E-state index in [1.807, 2.05) is 0 Å². The number of aromatic nitrogens is 3. The van der Waals surface area contributed by atoms with E-state index in [-0.39, 0.29) is 0 Å². The summed E-state index contributed by atoms with van der Waals surface area (Å²) in [6, 6.07) is 8.84. The molecule has 8 heteroatoms. The third-order valence-corrected chi connectivity index (χ3v) is 4.72. The summed E-state index contributed by atoms with van der Waals surface area (Å²) < 4.78 is 6.83. The molecule has 1 aromatic carbocycles. The fourth-order valence-electron chi connectivity index (χ4n) is 3.13. The van der Waals surface area contributed by atoms with Crippen molar-refractivity contribution in [1.82, 2.24) is 20.1 Å². The van der Waals surface area contributed by atoms with Gasteiger partial charge in [0, 0.05) is 0 Å². The number of hydrogen-bond donors (Lipinski definition) is 1. The molecule has 1 atom stereocenters. The van der Waals surface area contributed by atoms with Gasteiger partial charge in [-0.15, -0.1) is 0 Å². The van der Waals surface area contributed by atoms with E-state index in [9.17, 15) is 14.9 Å². The maximum atomic E-state index is 12.4. The van der Waals surface area contributed by atoms with Crippen molar-refractivity contribution < 1.29 is 14.3 Å². The molecule has 1 aliphatic rings. The van der Waals surface area contributed by atoms with Crippen molar-refractivity contribution in [3.05, 3.63) is 42.5 Å². The molecular formula is C19H21N5O3. The highest BCUT2D eigenvalue weighted by Crippen LogP contribution is 2.27. The van der Waals surface area contributed by atoms with Crippen LogP contribution >= 0.6 is 0 Å². The van der Waals surface area contributed by atoms with Crippen LogP contribution in [0.2, 0.25) is 0 Å². The Hall–Kier alpha value is -3.21. The van der Waals surface area contributed by atoms with Crippen molar-refractivity contribution in [3.63, 3.8) is 0 Å². The Labute approximate surface area is 157 Å². The number of hydrogen-bond acceptors (Lipinski definition) is 6. The molecule has 1 aliphatic carbocycles. The first-order chi connectivity index (χ1) is 13.0. The van der Waals surface area contributed by atoms with Gasteiger partial charge in [-0.1, -0.05) is 19.3 Å². The molecule has 1 heterocycles. The van der Waals surface area contributed by atoms with Crippen LogP contribution in [0.1, 0.15) is 49.4 Å². The van der Waals surface area contributed by atoms with E-state index >= 15 is 0 Å². The Balaban J connectivity index is 1.59. The Kier molecular flexibility index (Phi) is 5.50. The minimum absolute atomic E-state index is 0.325. The van der Waals surface area contributed by atoms with Gasteiger partial charge in [0.15, 0.2) is 6.10 Å². The quantitative estimate of drug-likeness (QED) is 0.811. The van der Waals surface area contributed by atoms with Crippen LogP contribution in [0.3, 0.4) is 0 Å². The lowest BCUT2D eigenvalue weighted by Crippen LogP contribution is -2.52. The van der Waals surface area contributed by atoms with Crippen molar-refractivity contribution in [2.75, 3.05) is 0 Å². The zero-order chi connectivity index (χ0) is 19.3. The van der Waals surface area contributed by atoms with E-state index in [4.69, 9.17) is 4.74 Å². The van der Waals surface area contributed by atoms with Crippen molar-refractivity contribution >= 4 is 11.9 Å². The average molecular weight is 367 g/mol. The van der Waals surface area contributed by atoms with Crippen LogP contribution in [0.5, 0.6) is 0 Å². The highest BCUT2D eigenvalue weighted by Gasteiger charge is 2.35. The van der Waals surface area contributed by atoms with E-state index in [1.165, 1.54) is 13.3 Å². The summed E-state index contributed by atoms with van der Waals surface area (Å²) in [5.41, 5.74) is 0.226. The summed E-state index contributed by atoms with van der Waals surface area (Å²) in [4.78, 5) is 28.6. The lowest BCUT2D eigenvalue weighted by Gasteiger charge is -2.32. The van der Waals surface area contributed by atoms with Crippen LogP contribution in [-0.2, 0) is 9.53 Å². The smallest absolute Gasteiger partial charge is 0.338 e. The lowest BCUT2D eigenvalue weighted by atomic mass is 9.83. The monoisotopic (exact) mass is 367 g/mol. The lowest BCUT2D eigenvalue weighted by molar-refractivity contribution is -0.130. The number of benzene rings is 1. The minimum Gasteiger partial charge on any atom is -0.449 e. The third kappa shape index (κ3) is 4.31. The fraction of sp³-hybridized carbons (Fsp3) is 0.421. The summed E-state index contributed by atoms with van der Waals surface area (Å²) in [5, 5.41) is 16.2.